The zero-order valence-electron chi connectivity index (χ0n) is 16.1. The summed E-state index contributed by atoms with van der Waals surface area (Å²) in [7, 11) is 1.80. The van der Waals surface area contributed by atoms with E-state index in [1.807, 2.05) is 6.92 Å². The summed E-state index contributed by atoms with van der Waals surface area (Å²) in [4.78, 5) is 29.4. The highest BCUT2D eigenvalue weighted by Crippen LogP contribution is 2.22. The Morgan fingerprint density at radius 3 is 2.90 bits per heavy atom. The maximum Gasteiger partial charge on any atom is 0.307 e. The molecule has 4 heterocycles. The summed E-state index contributed by atoms with van der Waals surface area (Å²) in [5.41, 5.74) is 2.53. The number of halogens is 1. The van der Waals surface area contributed by atoms with Gasteiger partial charge in [-0.15, -0.1) is 0 Å². The minimum Gasteiger partial charge on any atom is -0.440 e. The average molecular weight is 425 g/mol. The van der Waals surface area contributed by atoms with E-state index in [-0.39, 0.29) is 12.4 Å². The third-order valence-corrected chi connectivity index (χ3v) is 4.39. The molecule has 2 N–H and O–H groups in total. The Morgan fingerprint density at radius 1 is 1.27 bits per heavy atom. The molecule has 0 saturated heterocycles. The topological polar surface area (TPSA) is 124 Å². The van der Waals surface area contributed by atoms with Gasteiger partial charge in [-0.1, -0.05) is 11.6 Å². The van der Waals surface area contributed by atoms with E-state index in [2.05, 4.69) is 35.7 Å². The van der Waals surface area contributed by atoms with Gasteiger partial charge >= 0.3 is 5.91 Å². The molecule has 4 rings (SSSR count). The van der Waals surface area contributed by atoms with Gasteiger partial charge in [-0.25, -0.2) is 15.0 Å². The second-order valence-electron chi connectivity index (χ2n) is 6.42. The smallest absolute Gasteiger partial charge is 0.307 e. The maximum absolute atomic E-state index is 12.4. The van der Waals surface area contributed by atoms with Crippen LogP contribution in [0.1, 0.15) is 21.8 Å². The standard InChI is InChI=1S/C19H17ClN8O2/c1-11-6-23-19(26-15-3-4-24-28(15)2)27-16(11)14-10-30-18(25-14)17(29)22-8-12-5-13(20)9-21-7-12/h3-7,9-10H,8H2,1-2H3,(H,22,29)(H,23,26,27). The van der Waals surface area contributed by atoms with Crippen LogP contribution < -0.4 is 10.6 Å². The number of aryl methyl sites for hydroxylation is 2. The Labute approximate surface area is 176 Å². The largest absolute Gasteiger partial charge is 0.440 e. The number of nitrogens with zero attached hydrogens (tertiary/aromatic N) is 6. The van der Waals surface area contributed by atoms with Crippen molar-refractivity contribution in [2.24, 2.45) is 7.05 Å². The van der Waals surface area contributed by atoms with Gasteiger partial charge in [0.2, 0.25) is 5.95 Å². The number of oxazole rings is 1. The number of carbonyl (C=O) groups is 1. The van der Waals surface area contributed by atoms with E-state index in [9.17, 15) is 4.79 Å². The number of nitrogens with one attached hydrogen (secondary N) is 2. The lowest BCUT2D eigenvalue weighted by Gasteiger charge is -2.07. The van der Waals surface area contributed by atoms with E-state index in [1.54, 1.807) is 42.5 Å². The molecule has 0 fully saturated rings. The second kappa shape index (κ2) is 8.29. The highest BCUT2D eigenvalue weighted by Gasteiger charge is 2.17. The van der Waals surface area contributed by atoms with Gasteiger partial charge in [-0.3, -0.25) is 14.5 Å². The summed E-state index contributed by atoms with van der Waals surface area (Å²) in [5.74, 6) is 0.586. The lowest BCUT2D eigenvalue weighted by Crippen LogP contribution is -2.23. The summed E-state index contributed by atoms with van der Waals surface area (Å²) in [6.07, 6.45) is 7.86. The first kappa shape index (κ1) is 19.5. The van der Waals surface area contributed by atoms with Crippen molar-refractivity contribution in [1.29, 1.82) is 0 Å². The quantitative estimate of drug-likeness (QED) is 0.484. The molecule has 0 spiro atoms. The lowest BCUT2D eigenvalue weighted by atomic mass is 10.2. The van der Waals surface area contributed by atoms with Crippen molar-refractivity contribution < 1.29 is 9.21 Å². The van der Waals surface area contributed by atoms with E-state index in [1.165, 1.54) is 12.5 Å². The average Bonchev–Trinajstić information content (AvgIpc) is 3.37. The molecule has 1 amide bonds. The van der Waals surface area contributed by atoms with Crippen LogP contribution in [0.4, 0.5) is 11.8 Å². The van der Waals surface area contributed by atoms with E-state index >= 15 is 0 Å². The first-order valence-electron chi connectivity index (χ1n) is 8.92. The number of aromatic nitrogens is 6. The molecule has 4 aromatic heterocycles. The zero-order valence-corrected chi connectivity index (χ0v) is 16.9. The number of hydrogen-bond acceptors (Lipinski definition) is 8. The van der Waals surface area contributed by atoms with Crippen LogP contribution in [0, 0.1) is 6.92 Å². The minimum absolute atomic E-state index is 0.0702. The van der Waals surface area contributed by atoms with Crippen LogP contribution in [0.2, 0.25) is 5.02 Å². The highest BCUT2D eigenvalue weighted by molar-refractivity contribution is 6.30. The van der Waals surface area contributed by atoms with Crippen molar-refractivity contribution in [3.05, 3.63) is 65.2 Å². The molecule has 30 heavy (non-hydrogen) atoms. The molecule has 0 aliphatic heterocycles. The van der Waals surface area contributed by atoms with Gasteiger partial charge < -0.3 is 15.1 Å². The SMILES string of the molecule is Cc1cnc(Nc2ccnn2C)nc1-c1coc(C(=O)NCc2cncc(Cl)c2)n1. The molecule has 0 bridgehead atoms. The predicted molar refractivity (Wildman–Crippen MR) is 109 cm³/mol. The number of carbonyl (C=O) groups excluding carboxylic acids is 1. The zero-order chi connectivity index (χ0) is 21.1. The first-order valence-corrected chi connectivity index (χ1v) is 9.29. The Balaban J connectivity index is 1.49. The van der Waals surface area contributed by atoms with Crippen LogP contribution in [-0.4, -0.2) is 35.6 Å². The van der Waals surface area contributed by atoms with E-state index in [0.29, 0.717) is 22.4 Å². The molecule has 0 aliphatic carbocycles. The van der Waals surface area contributed by atoms with Crippen molar-refractivity contribution in [2.75, 3.05) is 5.32 Å². The van der Waals surface area contributed by atoms with Gasteiger partial charge in [0.05, 0.1) is 11.2 Å². The van der Waals surface area contributed by atoms with Crippen LogP contribution in [0.25, 0.3) is 11.4 Å². The molecule has 0 saturated carbocycles. The number of rotatable bonds is 6. The minimum atomic E-state index is -0.457. The molecule has 0 radical (unpaired) electrons. The summed E-state index contributed by atoms with van der Waals surface area (Å²) >= 11 is 5.90. The van der Waals surface area contributed by atoms with E-state index in [0.717, 1.165) is 16.9 Å². The Hall–Kier alpha value is -3.79. The molecular formula is C19H17ClN8O2. The Morgan fingerprint density at radius 2 is 2.13 bits per heavy atom. The number of hydrogen-bond donors (Lipinski definition) is 2. The van der Waals surface area contributed by atoms with E-state index < -0.39 is 5.91 Å². The van der Waals surface area contributed by atoms with Gasteiger partial charge in [-0.2, -0.15) is 5.10 Å². The first-order chi connectivity index (χ1) is 14.5. The molecule has 10 nitrogen and oxygen atoms in total. The van der Waals surface area contributed by atoms with Crippen molar-refractivity contribution in [3.8, 4) is 11.4 Å². The van der Waals surface area contributed by atoms with Gasteiger partial charge in [0.25, 0.3) is 5.89 Å². The van der Waals surface area contributed by atoms with Crippen LogP contribution in [0.3, 0.4) is 0 Å². The molecule has 11 heteroatoms. The molecule has 0 unspecified atom stereocenters. The van der Waals surface area contributed by atoms with E-state index in [4.69, 9.17) is 16.0 Å². The van der Waals surface area contributed by atoms with Crippen molar-refractivity contribution in [3.63, 3.8) is 0 Å². The van der Waals surface area contributed by atoms with Crippen LogP contribution >= 0.6 is 11.6 Å². The normalized spacial score (nSPS) is 10.8. The predicted octanol–water partition coefficient (Wildman–Crippen LogP) is 2.90. The fourth-order valence-electron chi connectivity index (χ4n) is 2.67. The van der Waals surface area contributed by atoms with Gasteiger partial charge in [0.15, 0.2) is 0 Å². The fourth-order valence-corrected chi connectivity index (χ4v) is 2.87. The summed E-state index contributed by atoms with van der Waals surface area (Å²) in [5, 5.41) is 10.4. The number of amides is 1. The van der Waals surface area contributed by atoms with Crippen molar-refractivity contribution >= 4 is 29.3 Å². The summed E-state index contributed by atoms with van der Waals surface area (Å²) in [6, 6.07) is 3.52. The molecule has 0 atom stereocenters. The number of pyridine rings is 1. The molecule has 152 valence electrons. The maximum atomic E-state index is 12.4. The summed E-state index contributed by atoms with van der Waals surface area (Å²) < 4.78 is 7.02. The summed E-state index contributed by atoms with van der Waals surface area (Å²) in [6.45, 7) is 2.10. The second-order valence-corrected chi connectivity index (χ2v) is 6.86. The molecular weight excluding hydrogens is 408 g/mol. The molecule has 0 aliphatic rings. The van der Waals surface area contributed by atoms with Crippen molar-refractivity contribution in [2.45, 2.75) is 13.5 Å². The van der Waals surface area contributed by atoms with Crippen LogP contribution in [-0.2, 0) is 13.6 Å². The number of anilines is 2. The Bertz CT molecular complexity index is 1200. The van der Waals surface area contributed by atoms with Crippen molar-refractivity contribution in [1.82, 2.24) is 35.0 Å². The van der Waals surface area contributed by atoms with Gasteiger partial charge in [-0.05, 0) is 24.1 Å². The van der Waals surface area contributed by atoms with Crippen LogP contribution in [0.5, 0.6) is 0 Å². The lowest BCUT2D eigenvalue weighted by molar-refractivity contribution is 0.0916. The monoisotopic (exact) mass is 424 g/mol. The molecule has 4 aromatic rings. The van der Waals surface area contributed by atoms with Gasteiger partial charge in [0, 0.05) is 38.2 Å². The fraction of sp³-hybridized carbons (Fsp3) is 0.158. The third-order valence-electron chi connectivity index (χ3n) is 4.19. The van der Waals surface area contributed by atoms with Crippen LogP contribution in [0.15, 0.2) is 47.6 Å². The molecule has 0 aromatic carbocycles. The highest BCUT2D eigenvalue weighted by atomic mass is 35.5. The Kier molecular flexibility index (Phi) is 5.40. The third kappa shape index (κ3) is 4.28. The van der Waals surface area contributed by atoms with Gasteiger partial charge in [0.1, 0.15) is 23.5 Å².